The highest BCUT2D eigenvalue weighted by Crippen LogP contribution is 2.31. The molecule has 0 bridgehead atoms. The van der Waals surface area contributed by atoms with Gasteiger partial charge < -0.3 is 15.2 Å². The Morgan fingerprint density at radius 3 is 2.76 bits per heavy atom. The minimum atomic E-state index is -0.950. The summed E-state index contributed by atoms with van der Waals surface area (Å²) < 4.78 is 9.89. The summed E-state index contributed by atoms with van der Waals surface area (Å²) in [6.07, 6.45) is -2.00. The first-order chi connectivity index (χ1) is 9.97. The SMILES string of the molecule is CN1C(=O)OCc2cc(N3CC(C(N)=O)OC3=O)ccc21. The van der Waals surface area contributed by atoms with Crippen molar-refractivity contribution in [2.75, 3.05) is 23.4 Å². The normalized spacial score (nSPS) is 20.9. The molecular formula is C13H13N3O5. The number of primary amides is 1. The third kappa shape index (κ3) is 2.14. The number of nitrogens with zero attached hydrogens (tertiary/aromatic N) is 2. The van der Waals surface area contributed by atoms with E-state index in [2.05, 4.69) is 0 Å². The zero-order chi connectivity index (χ0) is 15.1. The van der Waals surface area contributed by atoms with E-state index in [9.17, 15) is 14.4 Å². The molecule has 110 valence electrons. The summed E-state index contributed by atoms with van der Waals surface area (Å²) in [4.78, 5) is 37.0. The van der Waals surface area contributed by atoms with Crippen LogP contribution in [0.25, 0.3) is 0 Å². The molecule has 2 N–H and O–H groups in total. The van der Waals surface area contributed by atoms with Crippen LogP contribution in [0.4, 0.5) is 21.0 Å². The Morgan fingerprint density at radius 1 is 1.33 bits per heavy atom. The average Bonchev–Trinajstić information content (AvgIpc) is 2.85. The summed E-state index contributed by atoms with van der Waals surface area (Å²) in [5.41, 5.74) is 7.19. The molecule has 8 nitrogen and oxygen atoms in total. The van der Waals surface area contributed by atoms with Crippen LogP contribution in [0.1, 0.15) is 5.56 Å². The zero-order valence-electron chi connectivity index (χ0n) is 11.2. The molecule has 0 aromatic heterocycles. The number of benzene rings is 1. The predicted molar refractivity (Wildman–Crippen MR) is 71.8 cm³/mol. The number of anilines is 2. The zero-order valence-corrected chi connectivity index (χ0v) is 11.2. The number of amides is 3. The third-order valence-corrected chi connectivity index (χ3v) is 3.49. The summed E-state index contributed by atoms with van der Waals surface area (Å²) in [6.45, 7) is 0.205. The van der Waals surface area contributed by atoms with Crippen molar-refractivity contribution in [1.82, 2.24) is 0 Å². The molecule has 1 aromatic rings. The number of hydrogen-bond donors (Lipinski definition) is 1. The predicted octanol–water partition coefficient (Wildman–Crippen LogP) is 0.584. The minimum Gasteiger partial charge on any atom is -0.444 e. The van der Waals surface area contributed by atoms with E-state index >= 15 is 0 Å². The molecule has 0 saturated carbocycles. The van der Waals surface area contributed by atoms with Crippen molar-refractivity contribution < 1.29 is 23.9 Å². The van der Waals surface area contributed by atoms with Crippen molar-refractivity contribution in [3.8, 4) is 0 Å². The second kappa shape index (κ2) is 4.65. The maximum atomic E-state index is 11.8. The van der Waals surface area contributed by atoms with Gasteiger partial charge in [-0.2, -0.15) is 0 Å². The molecule has 1 saturated heterocycles. The van der Waals surface area contributed by atoms with E-state index in [1.807, 2.05) is 0 Å². The highest BCUT2D eigenvalue weighted by molar-refractivity contribution is 5.96. The van der Waals surface area contributed by atoms with E-state index in [4.69, 9.17) is 15.2 Å². The fourth-order valence-electron chi connectivity index (χ4n) is 2.34. The number of rotatable bonds is 2. The van der Waals surface area contributed by atoms with Crippen LogP contribution in [0.3, 0.4) is 0 Å². The molecule has 2 heterocycles. The molecule has 0 radical (unpaired) electrons. The molecule has 2 aliphatic heterocycles. The monoisotopic (exact) mass is 291 g/mol. The first kappa shape index (κ1) is 13.2. The molecule has 1 atom stereocenters. The van der Waals surface area contributed by atoms with E-state index in [0.717, 1.165) is 5.56 Å². The van der Waals surface area contributed by atoms with E-state index < -0.39 is 24.2 Å². The molecule has 1 aromatic carbocycles. The molecular weight excluding hydrogens is 278 g/mol. The Kier molecular flexibility index (Phi) is 2.93. The average molecular weight is 291 g/mol. The second-order valence-corrected chi connectivity index (χ2v) is 4.81. The number of carbonyl (C=O) groups is 3. The van der Waals surface area contributed by atoms with Gasteiger partial charge in [-0.05, 0) is 18.2 Å². The van der Waals surface area contributed by atoms with Gasteiger partial charge in [-0.3, -0.25) is 14.6 Å². The van der Waals surface area contributed by atoms with Gasteiger partial charge in [0.25, 0.3) is 5.91 Å². The number of ether oxygens (including phenoxy) is 2. The lowest BCUT2D eigenvalue weighted by Gasteiger charge is -2.26. The smallest absolute Gasteiger partial charge is 0.415 e. The van der Waals surface area contributed by atoms with Crippen molar-refractivity contribution >= 4 is 29.5 Å². The van der Waals surface area contributed by atoms with Gasteiger partial charge in [0.2, 0.25) is 0 Å². The number of fused-ring (bicyclic) bond motifs is 1. The first-order valence-electron chi connectivity index (χ1n) is 6.28. The van der Waals surface area contributed by atoms with Gasteiger partial charge in [0.05, 0.1) is 12.2 Å². The van der Waals surface area contributed by atoms with E-state index in [-0.39, 0.29) is 13.2 Å². The number of carbonyl (C=O) groups excluding carboxylic acids is 3. The fourth-order valence-corrected chi connectivity index (χ4v) is 2.34. The van der Waals surface area contributed by atoms with Gasteiger partial charge in [0, 0.05) is 18.3 Å². The van der Waals surface area contributed by atoms with E-state index in [0.29, 0.717) is 11.4 Å². The topological polar surface area (TPSA) is 102 Å². The Labute approximate surface area is 120 Å². The van der Waals surface area contributed by atoms with Crippen molar-refractivity contribution in [2.24, 2.45) is 5.73 Å². The lowest BCUT2D eigenvalue weighted by atomic mass is 10.1. The molecule has 0 spiro atoms. The standard InChI is InChI=1S/C13H13N3O5/c1-15-9-3-2-8(4-7(9)6-20-12(15)18)16-5-10(11(14)17)21-13(16)19/h2-4,10H,5-6H2,1H3,(H2,14,17). The van der Waals surface area contributed by atoms with Gasteiger partial charge >= 0.3 is 12.2 Å². The van der Waals surface area contributed by atoms with Crippen molar-refractivity contribution in [1.29, 1.82) is 0 Å². The summed E-state index contributed by atoms with van der Waals surface area (Å²) in [6, 6.07) is 5.12. The maximum Gasteiger partial charge on any atom is 0.415 e. The van der Waals surface area contributed by atoms with Crippen LogP contribution < -0.4 is 15.5 Å². The van der Waals surface area contributed by atoms with Crippen molar-refractivity contribution in [3.63, 3.8) is 0 Å². The third-order valence-electron chi connectivity index (χ3n) is 3.49. The van der Waals surface area contributed by atoms with Gasteiger partial charge in [0.1, 0.15) is 6.61 Å². The van der Waals surface area contributed by atoms with Gasteiger partial charge in [-0.15, -0.1) is 0 Å². The summed E-state index contributed by atoms with van der Waals surface area (Å²) in [7, 11) is 1.60. The van der Waals surface area contributed by atoms with Crippen LogP contribution in [-0.2, 0) is 20.9 Å². The van der Waals surface area contributed by atoms with Crippen LogP contribution in [0.5, 0.6) is 0 Å². The second-order valence-electron chi connectivity index (χ2n) is 4.81. The molecule has 8 heteroatoms. The van der Waals surface area contributed by atoms with Crippen molar-refractivity contribution in [3.05, 3.63) is 23.8 Å². The Balaban J connectivity index is 1.90. The molecule has 2 aliphatic rings. The Morgan fingerprint density at radius 2 is 2.10 bits per heavy atom. The van der Waals surface area contributed by atoms with Crippen LogP contribution in [0.2, 0.25) is 0 Å². The number of cyclic esters (lactones) is 2. The van der Waals surface area contributed by atoms with Gasteiger partial charge in [-0.1, -0.05) is 0 Å². The first-order valence-corrected chi connectivity index (χ1v) is 6.28. The lowest BCUT2D eigenvalue weighted by Crippen LogP contribution is -2.33. The van der Waals surface area contributed by atoms with Gasteiger partial charge in [0.15, 0.2) is 6.10 Å². The molecule has 0 aliphatic carbocycles. The van der Waals surface area contributed by atoms with Crippen LogP contribution in [0, 0.1) is 0 Å². The molecule has 21 heavy (non-hydrogen) atoms. The Bertz CT molecular complexity index is 645. The summed E-state index contributed by atoms with van der Waals surface area (Å²) in [5, 5.41) is 0. The minimum absolute atomic E-state index is 0.0720. The van der Waals surface area contributed by atoms with E-state index in [1.54, 1.807) is 25.2 Å². The van der Waals surface area contributed by atoms with Crippen LogP contribution in [0.15, 0.2) is 18.2 Å². The largest absolute Gasteiger partial charge is 0.444 e. The van der Waals surface area contributed by atoms with Crippen LogP contribution in [-0.4, -0.2) is 37.8 Å². The molecule has 1 unspecified atom stereocenters. The van der Waals surface area contributed by atoms with E-state index in [1.165, 1.54) is 9.80 Å². The number of hydrogen-bond acceptors (Lipinski definition) is 5. The fraction of sp³-hybridized carbons (Fsp3) is 0.308. The highest BCUT2D eigenvalue weighted by atomic mass is 16.6. The maximum absolute atomic E-state index is 11.8. The molecule has 1 fully saturated rings. The summed E-state index contributed by atoms with van der Waals surface area (Å²) in [5.74, 6) is -0.683. The van der Waals surface area contributed by atoms with Crippen molar-refractivity contribution in [2.45, 2.75) is 12.7 Å². The lowest BCUT2D eigenvalue weighted by molar-refractivity contribution is -0.124. The molecule has 3 amide bonds. The quantitative estimate of drug-likeness (QED) is 0.858. The van der Waals surface area contributed by atoms with Crippen LogP contribution >= 0.6 is 0 Å². The Hall–Kier alpha value is -2.77. The van der Waals surface area contributed by atoms with Gasteiger partial charge in [-0.25, -0.2) is 9.59 Å². The highest BCUT2D eigenvalue weighted by Gasteiger charge is 2.36. The number of nitrogens with two attached hydrogens (primary N) is 1. The molecule has 3 rings (SSSR count). The summed E-state index contributed by atoms with van der Waals surface area (Å²) >= 11 is 0.